The lowest BCUT2D eigenvalue weighted by atomic mass is 10.1. The van der Waals surface area contributed by atoms with Crippen LogP contribution in [0.25, 0.3) is 10.8 Å². The number of phenolic OH excluding ortho intramolecular Hbond substituents is 2. The fourth-order valence-electron chi connectivity index (χ4n) is 3.60. The molecular formula is C25H21N3O5. The van der Waals surface area contributed by atoms with E-state index in [0.29, 0.717) is 34.1 Å². The largest absolute Gasteiger partial charge is 0.508 e. The van der Waals surface area contributed by atoms with Gasteiger partial charge in [-0.3, -0.25) is 19.8 Å². The number of amides is 1. The third kappa shape index (κ3) is 4.31. The fraction of sp³-hybridized carbons (Fsp3) is 0.120. The van der Waals surface area contributed by atoms with Crippen molar-refractivity contribution in [3.63, 3.8) is 0 Å². The average molecular weight is 443 g/mol. The van der Waals surface area contributed by atoms with Crippen molar-refractivity contribution in [3.8, 4) is 11.5 Å². The highest BCUT2D eigenvalue weighted by atomic mass is 16.3. The van der Waals surface area contributed by atoms with E-state index < -0.39 is 10.9 Å². The molecule has 0 aliphatic rings. The number of aromatic hydroxyl groups is 2. The summed E-state index contributed by atoms with van der Waals surface area (Å²) in [7, 11) is 0. The van der Waals surface area contributed by atoms with E-state index in [2.05, 4.69) is 10.5 Å². The highest BCUT2D eigenvalue weighted by Gasteiger charge is 2.17. The molecule has 0 saturated carbocycles. The van der Waals surface area contributed by atoms with Crippen molar-refractivity contribution >= 4 is 22.4 Å². The first-order valence-corrected chi connectivity index (χ1v) is 10.3. The Hall–Kier alpha value is -4.46. The monoisotopic (exact) mass is 443 g/mol. The van der Waals surface area contributed by atoms with Gasteiger partial charge in [0.15, 0.2) is 5.36 Å². The van der Waals surface area contributed by atoms with Gasteiger partial charge in [0, 0.05) is 35.0 Å². The second-order valence-corrected chi connectivity index (χ2v) is 7.49. The molecular weight excluding hydrogens is 422 g/mol. The van der Waals surface area contributed by atoms with Crippen molar-refractivity contribution in [2.45, 2.75) is 13.5 Å². The Morgan fingerprint density at radius 3 is 2.30 bits per heavy atom. The first-order valence-electron chi connectivity index (χ1n) is 10.3. The number of nitrogens with zero attached hydrogens (tertiary/aromatic N) is 2. The molecule has 3 N–H and O–H groups in total. The van der Waals surface area contributed by atoms with Crippen molar-refractivity contribution in [2.24, 2.45) is 5.10 Å². The minimum atomic E-state index is -0.446. The van der Waals surface area contributed by atoms with Gasteiger partial charge in [0.05, 0.1) is 5.69 Å². The molecule has 0 spiro atoms. The zero-order valence-electron chi connectivity index (χ0n) is 17.8. The number of phenols is 2. The van der Waals surface area contributed by atoms with Crippen molar-refractivity contribution in [1.29, 1.82) is 0 Å². The number of carbonyl (C=O) groups is 1. The van der Waals surface area contributed by atoms with Crippen LogP contribution in [0.3, 0.4) is 0 Å². The minimum Gasteiger partial charge on any atom is -0.508 e. The van der Waals surface area contributed by atoms with Gasteiger partial charge in [0.2, 0.25) is 10.9 Å². The number of carbonyl (C=O) groups excluding carboxylic acids is 1. The van der Waals surface area contributed by atoms with E-state index >= 15 is 0 Å². The quantitative estimate of drug-likeness (QED) is 0.311. The molecule has 8 heteroatoms. The lowest BCUT2D eigenvalue weighted by Crippen LogP contribution is -2.32. The van der Waals surface area contributed by atoms with E-state index in [1.165, 1.54) is 23.1 Å². The first-order chi connectivity index (χ1) is 15.9. The number of rotatable bonds is 6. The number of hydrogen-bond donors (Lipinski definition) is 3. The predicted octanol–water partition coefficient (Wildman–Crippen LogP) is 2.44. The number of anilines is 1. The van der Waals surface area contributed by atoms with Gasteiger partial charge in [-0.1, -0.05) is 30.3 Å². The molecule has 0 aromatic heterocycles. The van der Waals surface area contributed by atoms with Crippen LogP contribution in [-0.2, 0) is 6.54 Å². The van der Waals surface area contributed by atoms with E-state index in [1.807, 2.05) is 0 Å². The van der Waals surface area contributed by atoms with Crippen LogP contribution >= 0.6 is 0 Å². The van der Waals surface area contributed by atoms with Gasteiger partial charge in [-0.25, -0.2) is 0 Å². The highest BCUT2D eigenvalue weighted by molar-refractivity contribution is 5.95. The number of fused-ring (bicyclic) bond motifs is 1. The molecule has 0 aliphatic carbocycles. The van der Waals surface area contributed by atoms with Gasteiger partial charge < -0.3 is 15.1 Å². The summed E-state index contributed by atoms with van der Waals surface area (Å²) < 4.78 is 0. The molecule has 4 aromatic carbocycles. The second kappa shape index (κ2) is 8.96. The number of hydrogen-bond acceptors (Lipinski definition) is 7. The molecule has 0 saturated heterocycles. The lowest BCUT2D eigenvalue weighted by Gasteiger charge is -2.22. The molecule has 33 heavy (non-hydrogen) atoms. The summed E-state index contributed by atoms with van der Waals surface area (Å²) in [6.45, 7) is 2.28. The van der Waals surface area contributed by atoms with E-state index in [9.17, 15) is 24.6 Å². The van der Waals surface area contributed by atoms with Gasteiger partial charge in [0.1, 0.15) is 11.5 Å². The predicted molar refractivity (Wildman–Crippen MR) is 125 cm³/mol. The molecule has 0 bridgehead atoms. The minimum absolute atomic E-state index is 0.00484. The van der Waals surface area contributed by atoms with Crippen molar-refractivity contribution in [2.75, 3.05) is 12.0 Å². The first kappa shape index (κ1) is 21.8. The van der Waals surface area contributed by atoms with Crippen LogP contribution < -0.4 is 21.6 Å². The Morgan fingerprint density at radius 1 is 0.939 bits per heavy atom. The SMILES string of the molecule is CCN(Cc1cc(O)ccc1O)C(=O)c1cccc(NN=c2c(=O)c3ccccc3c2=O)c1. The van der Waals surface area contributed by atoms with Crippen LogP contribution in [0.4, 0.5) is 5.69 Å². The molecule has 4 rings (SSSR count). The summed E-state index contributed by atoms with van der Waals surface area (Å²) in [6, 6.07) is 17.2. The van der Waals surface area contributed by atoms with Crippen molar-refractivity contribution in [1.82, 2.24) is 4.90 Å². The van der Waals surface area contributed by atoms with E-state index in [1.54, 1.807) is 55.5 Å². The van der Waals surface area contributed by atoms with Crippen LogP contribution in [0.15, 0.2) is 81.4 Å². The second-order valence-electron chi connectivity index (χ2n) is 7.49. The zero-order chi connectivity index (χ0) is 23.5. The summed E-state index contributed by atoms with van der Waals surface area (Å²) in [5.41, 5.74) is 3.02. The number of nitrogens with one attached hydrogen (secondary N) is 1. The van der Waals surface area contributed by atoms with Gasteiger partial charge in [-0.2, -0.15) is 5.10 Å². The summed E-state index contributed by atoms with van der Waals surface area (Å²) in [6.07, 6.45) is 0. The summed E-state index contributed by atoms with van der Waals surface area (Å²) in [5, 5.41) is 24.1. The summed E-state index contributed by atoms with van der Waals surface area (Å²) in [5.74, 6) is -0.316. The Labute approximate surface area is 188 Å². The molecule has 166 valence electrons. The van der Waals surface area contributed by atoms with Gasteiger partial charge in [-0.05, 0) is 43.3 Å². The van der Waals surface area contributed by atoms with Crippen LogP contribution in [0, 0.1) is 0 Å². The topological polar surface area (TPSA) is 119 Å². The Kier molecular flexibility index (Phi) is 5.91. The fourth-order valence-corrected chi connectivity index (χ4v) is 3.60. The van der Waals surface area contributed by atoms with Gasteiger partial charge >= 0.3 is 0 Å². The third-order valence-corrected chi connectivity index (χ3v) is 5.35. The summed E-state index contributed by atoms with van der Waals surface area (Å²) >= 11 is 0. The maximum Gasteiger partial charge on any atom is 0.254 e. The molecule has 0 aliphatic heterocycles. The summed E-state index contributed by atoms with van der Waals surface area (Å²) in [4.78, 5) is 39.5. The Bertz CT molecular complexity index is 1450. The van der Waals surface area contributed by atoms with Crippen LogP contribution in [0.1, 0.15) is 22.8 Å². The van der Waals surface area contributed by atoms with E-state index in [0.717, 1.165) is 0 Å². The molecule has 1 amide bonds. The maximum atomic E-state index is 13.1. The molecule has 8 nitrogen and oxygen atoms in total. The lowest BCUT2D eigenvalue weighted by molar-refractivity contribution is 0.0751. The smallest absolute Gasteiger partial charge is 0.254 e. The molecule has 4 aromatic rings. The Morgan fingerprint density at radius 2 is 1.64 bits per heavy atom. The standard InChI is InChI=1S/C25H21N3O5/c1-2-28(14-16-13-18(29)10-11-21(16)30)25(33)15-6-5-7-17(12-15)26-27-22-23(31)19-8-3-4-9-20(19)24(22)32/h3-13,26,29-30H,2,14H2,1H3. The van der Waals surface area contributed by atoms with E-state index in [-0.39, 0.29) is 29.3 Å². The highest BCUT2D eigenvalue weighted by Crippen LogP contribution is 2.24. The van der Waals surface area contributed by atoms with Crippen LogP contribution in [0.5, 0.6) is 11.5 Å². The molecule has 0 radical (unpaired) electrons. The van der Waals surface area contributed by atoms with Crippen LogP contribution in [-0.4, -0.2) is 27.6 Å². The van der Waals surface area contributed by atoms with Gasteiger partial charge in [-0.15, -0.1) is 0 Å². The molecule has 0 fully saturated rings. The zero-order valence-corrected chi connectivity index (χ0v) is 17.8. The van der Waals surface area contributed by atoms with Crippen LogP contribution in [0.2, 0.25) is 0 Å². The van der Waals surface area contributed by atoms with Crippen molar-refractivity contribution < 1.29 is 15.0 Å². The third-order valence-electron chi connectivity index (χ3n) is 5.35. The van der Waals surface area contributed by atoms with Gasteiger partial charge in [0.25, 0.3) is 5.91 Å². The maximum absolute atomic E-state index is 13.1. The normalized spacial score (nSPS) is 10.8. The molecule has 0 atom stereocenters. The average Bonchev–Trinajstić information content (AvgIpc) is 3.07. The molecule has 0 heterocycles. The van der Waals surface area contributed by atoms with Crippen molar-refractivity contribution in [3.05, 3.63) is 104 Å². The number of benzene rings is 3. The Balaban J connectivity index is 1.59. The molecule has 0 unspecified atom stereocenters. The van der Waals surface area contributed by atoms with E-state index in [4.69, 9.17) is 0 Å².